The summed E-state index contributed by atoms with van der Waals surface area (Å²) in [4.78, 5) is 12.9. The molecule has 1 unspecified atom stereocenters. The van der Waals surface area contributed by atoms with Gasteiger partial charge in [0.2, 0.25) is 0 Å². The van der Waals surface area contributed by atoms with Crippen molar-refractivity contribution in [2.75, 3.05) is 20.2 Å². The van der Waals surface area contributed by atoms with Crippen molar-refractivity contribution in [3.05, 3.63) is 41.2 Å². The Hall–Kier alpha value is -2.41. The maximum Gasteiger partial charge on any atom is 0.274 e. The van der Waals surface area contributed by atoms with E-state index in [9.17, 15) is 4.79 Å². The van der Waals surface area contributed by atoms with Crippen molar-refractivity contribution in [2.45, 2.75) is 44.7 Å². The number of hydrogen-bond donors (Lipinski definition) is 2. The first-order valence-electron chi connectivity index (χ1n) is 9.74. The average molecular weight is 369 g/mol. The summed E-state index contributed by atoms with van der Waals surface area (Å²) in [5.74, 6) is 1.17. The summed E-state index contributed by atoms with van der Waals surface area (Å²) in [5.41, 5.74) is 2.39. The van der Waals surface area contributed by atoms with Crippen molar-refractivity contribution in [3.63, 3.8) is 0 Å². The highest BCUT2D eigenvalue weighted by Crippen LogP contribution is 2.41. The standard InChI is InChI=1S/C20H27N5O2/c1-13-18(23-24-25(13)16-9-11-21-12-10-16)20(26)22-19(14-3-4-14)15-5-7-17(27-2)8-6-15/h5-8,14,16,19,21H,3-4,9-12H2,1-2H3,(H,22,26). The monoisotopic (exact) mass is 369 g/mol. The van der Waals surface area contributed by atoms with Crippen LogP contribution in [-0.2, 0) is 0 Å². The largest absolute Gasteiger partial charge is 0.497 e. The molecule has 1 saturated heterocycles. The van der Waals surface area contributed by atoms with E-state index in [0.717, 1.165) is 55.8 Å². The SMILES string of the molecule is COc1ccc(C(NC(=O)c2nnn(C3CCNCC3)c2C)C2CC2)cc1. The van der Waals surface area contributed by atoms with Gasteiger partial charge in [-0.3, -0.25) is 4.79 Å². The van der Waals surface area contributed by atoms with Crippen molar-refractivity contribution < 1.29 is 9.53 Å². The molecule has 7 nitrogen and oxygen atoms in total. The van der Waals surface area contributed by atoms with Crippen LogP contribution in [0.2, 0.25) is 0 Å². The van der Waals surface area contributed by atoms with Crippen molar-refractivity contribution >= 4 is 5.91 Å². The summed E-state index contributed by atoms with van der Waals surface area (Å²) in [6.45, 7) is 3.90. The van der Waals surface area contributed by atoms with Gasteiger partial charge in [0.15, 0.2) is 5.69 Å². The van der Waals surface area contributed by atoms with E-state index in [1.165, 1.54) is 0 Å². The lowest BCUT2D eigenvalue weighted by Gasteiger charge is -2.23. The lowest BCUT2D eigenvalue weighted by molar-refractivity contribution is 0.0926. The fraction of sp³-hybridized carbons (Fsp3) is 0.550. The summed E-state index contributed by atoms with van der Waals surface area (Å²) < 4.78 is 7.16. The Morgan fingerprint density at radius 2 is 1.93 bits per heavy atom. The van der Waals surface area contributed by atoms with Crippen molar-refractivity contribution in [1.29, 1.82) is 0 Å². The predicted octanol–water partition coefficient (Wildman–Crippen LogP) is 2.40. The molecule has 2 heterocycles. The molecule has 1 aliphatic carbocycles. The van der Waals surface area contributed by atoms with Crippen LogP contribution in [0.3, 0.4) is 0 Å². The predicted molar refractivity (Wildman–Crippen MR) is 102 cm³/mol. The van der Waals surface area contributed by atoms with Gasteiger partial charge in [-0.25, -0.2) is 4.68 Å². The Morgan fingerprint density at radius 3 is 2.56 bits per heavy atom. The molecule has 7 heteroatoms. The first kappa shape index (κ1) is 18.0. The van der Waals surface area contributed by atoms with Crippen LogP contribution in [0.15, 0.2) is 24.3 Å². The second-order valence-electron chi connectivity index (χ2n) is 7.51. The summed E-state index contributed by atoms with van der Waals surface area (Å²) in [6.07, 6.45) is 4.30. The molecule has 2 fully saturated rings. The summed E-state index contributed by atoms with van der Waals surface area (Å²) >= 11 is 0. The lowest BCUT2D eigenvalue weighted by atomic mass is 10.0. The quantitative estimate of drug-likeness (QED) is 0.817. The van der Waals surface area contributed by atoms with Gasteiger partial charge in [0.1, 0.15) is 5.75 Å². The van der Waals surface area contributed by atoms with Crippen LogP contribution in [0.1, 0.15) is 59.5 Å². The molecule has 0 bridgehead atoms. The molecule has 144 valence electrons. The number of rotatable bonds is 6. The highest BCUT2D eigenvalue weighted by Gasteiger charge is 2.34. The molecule has 0 radical (unpaired) electrons. The fourth-order valence-corrected chi connectivity index (χ4v) is 3.87. The summed E-state index contributed by atoms with van der Waals surface area (Å²) in [5, 5.41) is 15.0. The Balaban J connectivity index is 1.50. The number of methoxy groups -OCH3 is 1. The zero-order valence-corrected chi connectivity index (χ0v) is 15.9. The average Bonchev–Trinajstić information content (AvgIpc) is 3.48. The number of ether oxygens (including phenoxy) is 1. The van der Waals surface area contributed by atoms with Gasteiger partial charge in [0, 0.05) is 0 Å². The van der Waals surface area contributed by atoms with Crippen LogP contribution >= 0.6 is 0 Å². The topological polar surface area (TPSA) is 81.1 Å². The lowest BCUT2D eigenvalue weighted by Crippen LogP contribution is -2.31. The van der Waals surface area contributed by atoms with E-state index in [1.807, 2.05) is 35.9 Å². The Kier molecular flexibility index (Phi) is 5.11. The normalized spacial score (nSPS) is 18.9. The van der Waals surface area contributed by atoms with Gasteiger partial charge in [-0.15, -0.1) is 5.10 Å². The Morgan fingerprint density at radius 1 is 1.22 bits per heavy atom. The van der Waals surface area contributed by atoms with E-state index in [1.54, 1.807) is 7.11 Å². The molecule has 2 aromatic rings. The Bertz CT molecular complexity index is 791. The second-order valence-corrected chi connectivity index (χ2v) is 7.51. The minimum atomic E-state index is -0.139. The van der Waals surface area contributed by atoms with E-state index in [0.29, 0.717) is 17.7 Å². The van der Waals surface area contributed by atoms with Crippen LogP contribution in [0.25, 0.3) is 0 Å². The van der Waals surface area contributed by atoms with Gasteiger partial charge in [-0.1, -0.05) is 17.3 Å². The van der Waals surface area contributed by atoms with Crippen LogP contribution in [0, 0.1) is 12.8 Å². The van der Waals surface area contributed by atoms with Gasteiger partial charge in [-0.05, 0) is 69.3 Å². The van der Waals surface area contributed by atoms with Gasteiger partial charge >= 0.3 is 0 Å². The number of piperidine rings is 1. The number of amides is 1. The molecule has 2 N–H and O–H groups in total. The van der Waals surface area contributed by atoms with Gasteiger partial charge in [-0.2, -0.15) is 0 Å². The minimum Gasteiger partial charge on any atom is -0.497 e. The van der Waals surface area contributed by atoms with E-state index in [2.05, 4.69) is 20.9 Å². The van der Waals surface area contributed by atoms with Crippen LogP contribution in [0.4, 0.5) is 0 Å². The summed E-state index contributed by atoms with van der Waals surface area (Å²) in [7, 11) is 1.66. The van der Waals surface area contributed by atoms with Crippen LogP contribution < -0.4 is 15.4 Å². The number of benzene rings is 1. The van der Waals surface area contributed by atoms with Crippen molar-refractivity contribution in [3.8, 4) is 5.75 Å². The molecule has 1 atom stereocenters. The number of carbonyl (C=O) groups excluding carboxylic acids is 1. The minimum absolute atomic E-state index is 0.00633. The zero-order chi connectivity index (χ0) is 18.8. The van der Waals surface area contributed by atoms with Gasteiger partial charge in [0.05, 0.1) is 24.9 Å². The molecular weight excluding hydrogens is 342 g/mol. The number of aromatic nitrogens is 3. The molecule has 1 aliphatic heterocycles. The molecule has 4 rings (SSSR count). The molecule has 27 heavy (non-hydrogen) atoms. The van der Waals surface area contributed by atoms with E-state index in [4.69, 9.17) is 4.74 Å². The van der Waals surface area contributed by atoms with Crippen LogP contribution in [-0.4, -0.2) is 41.1 Å². The molecule has 1 amide bonds. The van der Waals surface area contributed by atoms with E-state index < -0.39 is 0 Å². The van der Waals surface area contributed by atoms with Crippen LogP contribution in [0.5, 0.6) is 5.75 Å². The first-order chi connectivity index (χ1) is 13.2. The number of hydrogen-bond acceptors (Lipinski definition) is 5. The third kappa shape index (κ3) is 3.83. The molecule has 1 saturated carbocycles. The Labute approximate surface area is 159 Å². The molecule has 1 aromatic carbocycles. The number of nitrogens with zero attached hydrogens (tertiary/aromatic N) is 3. The third-order valence-corrected chi connectivity index (χ3v) is 5.65. The third-order valence-electron chi connectivity index (χ3n) is 5.65. The first-order valence-corrected chi connectivity index (χ1v) is 9.74. The summed E-state index contributed by atoms with van der Waals surface area (Å²) in [6, 6.07) is 8.26. The van der Waals surface area contributed by atoms with Gasteiger partial charge < -0.3 is 15.4 Å². The molecule has 2 aliphatic rings. The van der Waals surface area contributed by atoms with E-state index in [-0.39, 0.29) is 11.9 Å². The molecule has 1 aromatic heterocycles. The van der Waals surface area contributed by atoms with Crippen molar-refractivity contribution in [2.24, 2.45) is 5.92 Å². The van der Waals surface area contributed by atoms with E-state index >= 15 is 0 Å². The number of nitrogens with one attached hydrogen (secondary N) is 2. The zero-order valence-electron chi connectivity index (χ0n) is 15.9. The number of carbonyl (C=O) groups is 1. The maximum atomic E-state index is 12.9. The fourth-order valence-electron chi connectivity index (χ4n) is 3.87. The molecule has 0 spiro atoms. The van der Waals surface area contributed by atoms with Gasteiger partial charge in [0.25, 0.3) is 5.91 Å². The second kappa shape index (κ2) is 7.68. The highest BCUT2D eigenvalue weighted by atomic mass is 16.5. The smallest absolute Gasteiger partial charge is 0.274 e. The highest BCUT2D eigenvalue weighted by molar-refractivity contribution is 5.93. The maximum absolute atomic E-state index is 12.9. The molecular formula is C20H27N5O2. The van der Waals surface area contributed by atoms with Crippen molar-refractivity contribution in [1.82, 2.24) is 25.6 Å².